The second kappa shape index (κ2) is 13.0. The van der Waals surface area contributed by atoms with Crippen LogP contribution in [-0.4, -0.2) is 29.4 Å². The summed E-state index contributed by atoms with van der Waals surface area (Å²) in [5.41, 5.74) is 2.82. The van der Waals surface area contributed by atoms with Gasteiger partial charge in [0.05, 0.1) is 19.0 Å². The Hall–Kier alpha value is -1.55. The molecule has 0 amide bonds. The first-order valence-corrected chi connectivity index (χ1v) is 11.9. The van der Waals surface area contributed by atoms with Crippen LogP contribution in [0.15, 0.2) is 35.1 Å². The van der Waals surface area contributed by atoms with Crippen molar-refractivity contribution < 1.29 is 19.7 Å². The van der Waals surface area contributed by atoms with Gasteiger partial charge in [-0.2, -0.15) is 0 Å². The van der Waals surface area contributed by atoms with E-state index in [-0.39, 0.29) is 11.9 Å². The summed E-state index contributed by atoms with van der Waals surface area (Å²) < 4.78 is 4.69. The molecule has 4 heteroatoms. The number of esters is 1. The quantitative estimate of drug-likeness (QED) is 0.157. The summed E-state index contributed by atoms with van der Waals surface area (Å²) >= 11 is 0. The van der Waals surface area contributed by atoms with E-state index in [1.807, 2.05) is 6.08 Å². The molecule has 0 saturated heterocycles. The number of methoxy groups -OCH3 is 1. The van der Waals surface area contributed by atoms with Crippen LogP contribution in [0.5, 0.6) is 0 Å². The molecule has 30 heavy (non-hydrogen) atoms. The third kappa shape index (κ3) is 7.94. The number of allylic oxidation sites excluding steroid dienone is 5. The largest absolute Gasteiger partial charge is 0.512 e. The second-order valence-corrected chi connectivity index (χ2v) is 9.37. The van der Waals surface area contributed by atoms with Gasteiger partial charge in [-0.3, -0.25) is 4.79 Å². The van der Waals surface area contributed by atoms with E-state index in [0.29, 0.717) is 24.0 Å². The maximum absolute atomic E-state index is 11.2. The molecule has 4 nitrogen and oxygen atoms in total. The predicted molar refractivity (Wildman–Crippen MR) is 122 cm³/mol. The van der Waals surface area contributed by atoms with Gasteiger partial charge in [0.15, 0.2) is 0 Å². The Labute approximate surface area is 183 Å². The molecule has 0 aromatic carbocycles. The van der Waals surface area contributed by atoms with E-state index in [1.54, 1.807) is 0 Å². The highest BCUT2D eigenvalue weighted by molar-refractivity contribution is 5.68. The van der Waals surface area contributed by atoms with E-state index in [2.05, 4.69) is 26.0 Å². The van der Waals surface area contributed by atoms with Crippen molar-refractivity contribution in [3.05, 3.63) is 35.1 Å². The first kappa shape index (κ1) is 24.7. The van der Waals surface area contributed by atoms with Crippen molar-refractivity contribution >= 4 is 5.97 Å². The van der Waals surface area contributed by atoms with Crippen LogP contribution in [0.25, 0.3) is 0 Å². The zero-order valence-electron chi connectivity index (χ0n) is 19.2. The lowest BCUT2D eigenvalue weighted by atomic mass is 9.87. The van der Waals surface area contributed by atoms with Gasteiger partial charge in [-0.05, 0) is 89.5 Å². The Morgan fingerprint density at radius 2 is 1.80 bits per heavy atom. The molecule has 0 aromatic heterocycles. The van der Waals surface area contributed by atoms with Crippen LogP contribution in [0.2, 0.25) is 0 Å². The maximum Gasteiger partial charge on any atom is 0.305 e. The number of hydrogen-bond donors (Lipinski definition) is 2. The van der Waals surface area contributed by atoms with Crippen LogP contribution < -0.4 is 0 Å². The highest BCUT2D eigenvalue weighted by Gasteiger charge is 2.46. The molecule has 0 heterocycles. The molecule has 170 valence electrons. The Bertz CT molecular complexity index is 627. The number of aliphatic hydroxyl groups excluding tert-OH is 2. The van der Waals surface area contributed by atoms with Crippen molar-refractivity contribution in [1.82, 2.24) is 0 Å². The molecule has 0 aromatic rings. The predicted octanol–water partition coefficient (Wildman–Crippen LogP) is 6.41. The molecule has 4 atom stereocenters. The minimum Gasteiger partial charge on any atom is -0.512 e. The zero-order chi connectivity index (χ0) is 21.9. The number of aliphatic hydroxyl groups is 2. The standard InChI is InChI=1S/C26H42O4/c1-19(2)12-8-6-4-5-7-9-14-23(27)26-22-17-20(16-21(22)18-24(26)28)13-10-11-15-25(29)30-3/h12,14,16,21-22,24,26-28H,4-11,13,15,17-18H2,1-3H3/t21-,22-,24+,26-/m1/s1. The van der Waals surface area contributed by atoms with Gasteiger partial charge >= 0.3 is 5.97 Å². The van der Waals surface area contributed by atoms with Gasteiger partial charge in [-0.1, -0.05) is 36.1 Å². The van der Waals surface area contributed by atoms with E-state index in [0.717, 1.165) is 44.9 Å². The lowest BCUT2D eigenvalue weighted by Gasteiger charge is -2.21. The van der Waals surface area contributed by atoms with Crippen LogP contribution in [0.4, 0.5) is 0 Å². The van der Waals surface area contributed by atoms with Crippen molar-refractivity contribution in [3.8, 4) is 0 Å². The first-order valence-electron chi connectivity index (χ1n) is 11.9. The molecule has 2 rings (SSSR count). The van der Waals surface area contributed by atoms with E-state index in [9.17, 15) is 15.0 Å². The number of ether oxygens (including phenoxy) is 1. The topological polar surface area (TPSA) is 66.8 Å². The maximum atomic E-state index is 11.2. The molecule has 0 aliphatic heterocycles. The van der Waals surface area contributed by atoms with Gasteiger partial charge in [0.1, 0.15) is 0 Å². The highest BCUT2D eigenvalue weighted by Crippen LogP contribution is 2.49. The second-order valence-electron chi connectivity index (χ2n) is 9.37. The number of carbonyl (C=O) groups is 1. The smallest absolute Gasteiger partial charge is 0.305 e. The molecule has 0 bridgehead atoms. The van der Waals surface area contributed by atoms with Crippen molar-refractivity contribution in [2.45, 2.75) is 97.0 Å². The Kier molecular flexibility index (Phi) is 10.7. The van der Waals surface area contributed by atoms with E-state index in [4.69, 9.17) is 4.74 Å². The molecular formula is C26H42O4. The van der Waals surface area contributed by atoms with Crippen LogP contribution >= 0.6 is 0 Å². The third-order valence-electron chi connectivity index (χ3n) is 6.65. The zero-order valence-corrected chi connectivity index (χ0v) is 19.2. The Balaban J connectivity index is 1.70. The molecule has 0 radical (unpaired) electrons. The number of carbonyl (C=O) groups excluding carboxylic acids is 1. The summed E-state index contributed by atoms with van der Waals surface area (Å²) in [7, 11) is 1.43. The van der Waals surface area contributed by atoms with Gasteiger partial charge in [-0.25, -0.2) is 0 Å². The lowest BCUT2D eigenvalue weighted by molar-refractivity contribution is -0.140. The van der Waals surface area contributed by atoms with Crippen LogP contribution in [0.1, 0.15) is 90.9 Å². The van der Waals surface area contributed by atoms with Gasteiger partial charge in [-0.15, -0.1) is 0 Å². The fourth-order valence-electron chi connectivity index (χ4n) is 5.04. The molecule has 2 N–H and O–H groups in total. The third-order valence-corrected chi connectivity index (χ3v) is 6.65. The minimum atomic E-state index is -0.433. The number of hydrogen-bond acceptors (Lipinski definition) is 4. The van der Waals surface area contributed by atoms with Gasteiger partial charge < -0.3 is 14.9 Å². The fraction of sp³-hybridized carbons (Fsp3) is 0.731. The molecule has 0 spiro atoms. The van der Waals surface area contributed by atoms with Gasteiger partial charge in [0.25, 0.3) is 0 Å². The summed E-state index contributed by atoms with van der Waals surface area (Å²) in [6.07, 6.45) is 18.0. The van der Waals surface area contributed by atoms with Gasteiger partial charge in [0.2, 0.25) is 0 Å². The van der Waals surface area contributed by atoms with E-state index in [1.165, 1.54) is 43.9 Å². The molecule has 2 aliphatic rings. The number of unbranched alkanes of at least 4 members (excludes halogenated alkanes) is 6. The summed E-state index contributed by atoms with van der Waals surface area (Å²) in [6, 6.07) is 0. The number of fused-ring (bicyclic) bond motifs is 1. The monoisotopic (exact) mass is 418 g/mol. The Morgan fingerprint density at radius 1 is 1.10 bits per heavy atom. The van der Waals surface area contributed by atoms with Crippen molar-refractivity contribution in [3.63, 3.8) is 0 Å². The SMILES string of the molecule is COC(=O)CCCCC1=C[C@@H]2C[C@H](O)[C@@H](C(O)=CCCCCCCC=C(C)C)[C@@H]2C1. The van der Waals surface area contributed by atoms with Gasteiger partial charge in [0, 0.05) is 12.3 Å². The van der Waals surface area contributed by atoms with Crippen molar-refractivity contribution in [1.29, 1.82) is 0 Å². The Morgan fingerprint density at radius 3 is 2.47 bits per heavy atom. The fourth-order valence-corrected chi connectivity index (χ4v) is 5.04. The molecule has 1 fully saturated rings. The van der Waals surface area contributed by atoms with Crippen LogP contribution in [0.3, 0.4) is 0 Å². The average molecular weight is 419 g/mol. The van der Waals surface area contributed by atoms with E-state index < -0.39 is 6.10 Å². The summed E-state index contributed by atoms with van der Waals surface area (Å²) in [5.74, 6) is 0.858. The average Bonchev–Trinajstić information content (AvgIpc) is 3.22. The normalized spacial score (nSPS) is 25.7. The summed E-state index contributed by atoms with van der Waals surface area (Å²) in [4.78, 5) is 11.2. The first-order chi connectivity index (χ1) is 14.4. The lowest BCUT2D eigenvalue weighted by Crippen LogP contribution is -2.21. The van der Waals surface area contributed by atoms with E-state index >= 15 is 0 Å². The van der Waals surface area contributed by atoms with Crippen molar-refractivity contribution in [2.24, 2.45) is 17.8 Å². The summed E-state index contributed by atoms with van der Waals surface area (Å²) in [5, 5.41) is 21.2. The summed E-state index contributed by atoms with van der Waals surface area (Å²) in [6.45, 7) is 4.28. The molecule has 0 unspecified atom stereocenters. The molecule has 2 aliphatic carbocycles. The van der Waals surface area contributed by atoms with Crippen LogP contribution in [-0.2, 0) is 9.53 Å². The highest BCUT2D eigenvalue weighted by atomic mass is 16.5. The van der Waals surface area contributed by atoms with Crippen molar-refractivity contribution in [2.75, 3.05) is 7.11 Å². The van der Waals surface area contributed by atoms with Crippen LogP contribution in [0, 0.1) is 17.8 Å². The minimum absolute atomic E-state index is 0.114. The number of rotatable bonds is 13. The molecular weight excluding hydrogens is 376 g/mol. The molecule has 1 saturated carbocycles.